The highest BCUT2D eigenvalue weighted by Crippen LogP contribution is 2.42. The second-order valence-corrected chi connectivity index (χ2v) is 6.02. The van der Waals surface area contributed by atoms with Gasteiger partial charge in [-0.3, -0.25) is 4.98 Å². The Labute approximate surface area is 126 Å². The van der Waals surface area contributed by atoms with Gasteiger partial charge in [0.1, 0.15) is 17.1 Å². The predicted octanol–water partition coefficient (Wildman–Crippen LogP) is 5.29. The maximum atomic E-state index is 10.1. The molecule has 0 atom stereocenters. The van der Waals surface area contributed by atoms with Crippen LogP contribution >= 0.6 is 11.3 Å². The molecule has 0 spiro atoms. The van der Waals surface area contributed by atoms with E-state index in [0.29, 0.717) is 11.4 Å². The van der Waals surface area contributed by atoms with Gasteiger partial charge >= 0.3 is 0 Å². The molecule has 3 rings (SSSR count). The van der Waals surface area contributed by atoms with Gasteiger partial charge in [-0.15, -0.1) is 21.6 Å². The molecule has 106 valence electrons. The molecule has 0 bridgehead atoms. The average Bonchev–Trinajstić information content (AvgIpc) is 2.89. The summed E-state index contributed by atoms with van der Waals surface area (Å²) >= 11 is 1.63. The minimum absolute atomic E-state index is 0.312. The van der Waals surface area contributed by atoms with Crippen LogP contribution in [0.2, 0.25) is 0 Å². The van der Waals surface area contributed by atoms with E-state index < -0.39 is 0 Å². The van der Waals surface area contributed by atoms with Gasteiger partial charge in [0.15, 0.2) is 0 Å². The molecule has 0 aliphatic carbocycles. The number of pyridine rings is 1. The maximum absolute atomic E-state index is 10.1. The number of benzene rings is 1. The first-order chi connectivity index (χ1) is 10.2. The van der Waals surface area contributed by atoms with Crippen LogP contribution in [0.4, 0.5) is 11.4 Å². The Balaban J connectivity index is 2.16. The van der Waals surface area contributed by atoms with E-state index in [9.17, 15) is 5.11 Å². The van der Waals surface area contributed by atoms with Crippen LogP contribution in [-0.4, -0.2) is 10.1 Å². The molecule has 5 heteroatoms. The fraction of sp³-hybridized carbons (Fsp3) is 0.188. The van der Waals surface area contributed by atoms with Gasteiger partial charge in [0.2, 0.25) is 0 Å². The number of rotatable bonds is 3. The van der Waals surface area contributed by atoms with E-state index in [4.69, 9.17) is 0 Å². The van der Waals surface area contributed by atoms with E-state index in [1.165, 1.54) is 0 Å². The van der Waals surface area contributed by atoms with Crippen molar-refractivity contribution in [3.63, 3.8) is 0 Å². The number of phenols is 1. The third-order valence-electron chi connectivity index (χ3n) is 3.25. The Bertz CT molecular complexity index is 809. The van der Waals surface area contributed by atoms with Crippen molar-refractivity contribution < 1.29 is 5.11 Å². The summed E-state index contributed by atoms with van der Waals surface area (Å²) in [6.07, 6.45) is 4.17. The highest BCUT2D eigenvalue weighted by Gasteiger charge is 2.13. The van der Waals surface area contributed by atoms with E-state index in [-0.39, 0.29) is 0 Å². The molecule has 3 aromatic rings. The standard InChI is InChI=1S/C16H15N3OS/c1-3-11-8-14(20)13-7-10(2)21-16(13)15(11)19-18-12-5-4-6-17-9-12/h4-9,20H,3H2,1-2H3/b19-18+. The number of aromatic hydroxyl groups is 1. The van der Waals surface area contributed by atoms with Gasteiger partial charge in [0, 0.05) is 16.5 Å². The molecule has 0 fully saturated rings. The first-order valence-electron chi connectivity index (χ1n) is 6.75. The van der Waals surface area contributed by atoms with Gasteiger partial charge in [-0.1, -0.05) is 6.92 Å². The summed E-state index contributed by atoms with van der Waals surface area (Å²) in [5.41, 5.74) is 2.55. The molecule has 2 heterocycles. The molecule has 0 aliphatic rings. The quantitative estimate of drug-likeness (QED) is 0.668. The van der Waals surface area contributed by atoms with Gasteiger partial charge in [-0.2, -0.15) is 0 Å². The Morgan fingerprint density at radius 1 is 1.29 bits per heavy atom. The van der Waals surface area contributed by atoms with Crippen LogP contribution in [0.15, 0.2) is 46.9 Å². The molecule has 0 unspecified atom stereocenters. The fourth-order valence-electron chi connectivity index (χ4n) is 2.24. The molecule has 2 aromatic heterocycles. The first kappa shape index (κ1) is 13.7. The largest absolute Gasteiger partial charge is 0.507 e. The molecular formula is C16H15N3OS. The number of aromatic nitrogens is 1. The number of phenolic OH excluding ortho intramolecular Hbond substituents is 1. The number of hydrogen-bond acceptors (Lipinski definition) is 5. The normalized spacial score (nSPS) is 11.5. The number of nitrogens with zero attached hydrogens (tertiary/aromatic N) is 3. The van der Waals surface area contributed by atoms with E-state index in [1.807, 2.05) is 32.0 Å². The molecule has 4 nitrogen and oxygen atoms in total. The van der Waals surface area contributed by atoms with Gasteiger partial charge in [-0.25, -0.2) is 0 Å². The monoisotopic (exact) mass is 297 g/mol. The smallest absolute Gasteiger partial charge is 0.124 e. The van der Waals surface area contributed by atoms with Crippen LogP contribution in [0.3, 0.4) is 0 Å². The third kappa shape index (κ3) is 2.64. The number of fused-ring (bicyclic) bond motifs is 1. The van der Waals surface area contributed by atoms with E-state index in [1.54, 1.807) is 29.8 Å². The van der Waals surface area contributed by atoms with Crippen LogP contribution in [0.5, 0.6) is 5.75 Å². The second kappa shape index (κ2) is 5.61. The molecule has 0 amide bonds. The number of azo groups is 1. The first-order valence-corrected chi connectivity index (χ1v) is 7.57. The van der Waals surface area contributed by atoms with Crippen molar-refractivity contribution in [2.45, 2.75) is 20.3 Å². The third-order valence-corrected chi connectivity index (χ3v) is 4.31. The van der Waals surface area contributed by atoms with E-state index >= 15 is 0 Å². The summed E-state index contributed by atoms with van der Waals surface area (Å²) in [6, 6.07) is 7.46. The zero-order chi connectivity index (χ0) is 14.8. The number of hydrogen-bond donors (Lipinski definition) is 1. The molecule has 0 aliphatic heterocycles. The van der Waals surface area contributed by atoms with E-state index in [2.05, 4.69) is 15.2 Å². The molecule has 21 heavy (non-hydrogen) atoms. The number of thiophene rings is 1. The van der Waals surface area contributed by atoms with Crippen LogP contribution < -0.4 is 0 Å². The maximum Gasteiger partial charge on any atom is 0.124 e. The predicted molar refractivity (Wildman–Crippen MR) is 86.0 cm³/mol. The van der Waals surface area contributed by atoms with Crippen molar-refractivity contribution in [2.75, 3.05) is 0 Å². The Morgan fingerprint density at radius 3 is 2.86 bits per heavy atom. The van der Waals surface area contributed by atoms with Gasteiger partial charge < -0.3 is 5.11 Å². The molecule has 0 saturated heterocycles. The summed E-state index contributed by atoms with van der Waals surface area (Å²) in [4.78, 5) is 5.17. The van der Waals surface area contributed by atoms with Gasteiger partial charge in [0.25, 0.3) is 0 Å². The van der Waals surface area contributed by atoms with Crippen LogP contribution in [-0.2, 0) is 6.42 Å². The van der Waals surface area contributed by atoms with Crippen molar-refractivity contribution in [3.8, 4) is 5.75 Å². The fourth-order valence-corrected chi connectivity index (χ4v) is 3.28. The Kier molecular flexibility index (Phi) is 3.66. The highest BCUT2D eigenvalue weighted by molar-refractivity contribution is 7.19. The second-order valence-electron chi connectivity index (χ2n) is 4.77. The summed E-state index contributed by atoms with van der Waals surface area (Å²) < 4.78 is 0.983. The molecular weight excluding hydrogens is 282 g/mol. The summed E-state index contributed by atoms with van der Waals surface area (Å²) in [6.45, 7) is 4.07. The van der Waals surface area contributed by atoms with Crippen LogP contribution in [0.25, 0.3) is 10.1 Å². The minimum Gasteiger partial charge on any atom is -0.507 e. The topological polar surface area (TPSA) is 57.8 Å². The van der Waals surface area contributed by atoms with E-state index in [0.717, 1.165) is 32.6 Å². The lowest BCUT2D eigenvalue weighted by Crippen LogP contribution is -1.82. The Hall–Kier alpha value is -2.27. The molecule has 0 saturated carbocycles. The molecule has 1 aromatic carbocycles. The summed E-state index contributed by atoms with van der Waals surface area (Å²) in [5.74, 6) is 0.312. The van der Waals surface area contributed by atoms with Crippen molar-refractivity contribution in [1.82, 2.24) is 4.98 Å². The summed E-state index contributed by atoms with van der Waals surface area (Å²) in [5, 5.41) is 19.6. The Morgan fingerprint density at radius 2 is 2.14 bits per heavy atom. The average molecular weight is 297 g/mol. The molecule has 0 radical (unpaired) electrons. The zero-order valence-corrected chi connectivity index (χ0v) is 12.7. The minimum atomic E-state index is 0.312. The van der Waals surface area contributed by atoms with Gasteiger partial charge in [0.05, 0.1) is 10.9 Å². The lowest BCUT2D eigenvalue weighted by molar-refractivity contribution is 0.481. The van der Waals surface area contributed by atoms with Crippen molar-refractivity contribution >= 4 is 32.8 Å². The highest BCUT2D eigenvalue weighted by atomic mass is 32.1. The van der Waals surface area contributed by atoms with Crippen molar-refractivity contribution in [2.24, 2.45) is 10.2 Å². The lowest BCUT2D eigenvalue weighted by Gasteiger charge is -2.05. The van der Waals surface area contributed by atoms with Gasteiger partial charge in [-0.05, 0) is 43.2 Å². The SMILES string of the molecule is CCc1cc(O)c2cc(C)sc2c1/N=N/c1cccnc1. The van der Waals surface area contributed by atoms with Crippen LogP contribution in [0, 0.1) is 6.92 Å². The zero-order valence-electron chi connectivity index (χ0n) is 11.9. The summed E-state index contributed by atoms with van der Waals surface area (Å²) in [7, 11) is 0. The lowest BCUT2D eigenvalue weighted by atomic mass is 10.1. The van der Waals surface area contributed by atoms with Crippen molar-refractivity contribution in [1.29, 1.82) is 0 Å². The number of aryl methyl sites for hydroxylation is 2. The molecule has 1 N–H and O–H groups in total. The van der Waals surface area contributed by atoms with Crippen molar-refractivity contribution in [3.05, 3.63) is 47.1 Å². The van der Waals surface area contributed by atoms with Crippen LogP contribution in [0.1, 0.15) is 17.4 Å².